The van der Waals surface area contributed by atoms with Gasteiger partial charge in [0.25, 0.3) is 5.91 Å². The number of aliphatic hydroxyl groups is 1. The Morgan fingerprint density at radius 2 is 2.17 bits per heavy atom. The van der Waals surface area contributed by atoms with Crippen LogP contribution < -0.4 is 15.2 Å². The number of ether oxygens (including phenoxy) is 2. The van der Waals surface area contributed by atoms with Crippen molar-refractivity contribution < 1.29 is 23.8 Å². The summed E-state index contributed by atoms with van der Waals surface area (Å²) < 4.78 is 25.7. The molecule has 0 saturated heterocycles. The van der Waals surface area contributed by atoms with Crippen LogP contribution in [0.2, 0.25) is 0 Å². The minimum Gasteiger partial charge on any atom is -0.485 e. The van der Waals surface area contributed by atoms with E-state index in [0.717, 1.165) is 6.20 Å². The van der Waals surface area contributed by atoms with E-state index in [1.54, 1.807) is 12.1 Å². The zero-order valence-electron chi connectivity index (χ0n) is 13.2. The van der Waals surface area contributed by atoms with Crippen molar-refractivity contribution in [3.8, 4) is 11.5 Å². The van der Waals surface area contributed by atoms with Gasteiger partial charge in [0.15, 0.2) is 17.6 Å². The third kappa shape index (κ3) is 2.78. The Morgan fingerprint density at radius 3 is 2.83 bits per heavy atom. The fraction of sp³-hybridized carbons (Fsp3) is 0.294. The summed E-state index contributed by atoms with van der Waals surface area (Å²) >= 11 is 0. The normalized spacial score (nSPS) is 16.8. The molecule has 0 fully saturated rings. The van der Waals surface area contributed by atoms with Crippen molar-refractivity contribution >= 4 is 5.91 Å². The van der Waals surface area contributed by atoms with Crippen LogP contribution >= 0.6 is 0 Å². The van der Waals surface area contributed by atoms with Crippen LogP contribution in [0.25, 0.3) is 0 Å². The van der Waals surface area contributed by atoms with Crippen molar-refractivity contribution in [3.05, 3.63) is 53.1 Å². The number of primary amides is 1. The van der Waals surface area contributed by atoms with E-state index in [4.69, 9.17) is 15.2 Å². The summed E-state index contributed by atoms with van der Waals surface area (Å²) in [4.78, 5) is 15.3. The minimum absolute atomic E-state index is 0.0332. The predicted octanol–water partition coefficient (Wildman–Crippen LogP) is 2.06. The number of hydrogen-bond acceptors (Lipinski definition) is 5. The first kappa shape index (κ1) is 16.2. The van der Waals surface area contributed by atoms with Crippen LogP contribution in [0.1, 0.15) is 41.4 Å². The van der Waals surface area contributed by atoms with Gasteiger partial charge in [-0.1, -0.05) is 6.07 Å². The van der Waals surface area contributed by atoms with Crippen LogP contribution in [-0.4, -0.2) is 22.6 Å². The number of para-hydroxylation sites is 1. The van der Waals surface area contributed by atoms with Gasteiger partial charge in [-0.2, -0.15) is 0 Å². The van der Waals surface area contributed by atoms with Gasteiger partial charge in [0.1, 0.15) is 12.4 Å². The van der Waals surface area contributed by atoms with Gasteiger partial charge in [0.2, 0.25) is 0 Å². The highest BCUT2D eigenvalue weighted by Gasteiger charge is 2.33. The molecule has 1 aliphatic rings. The number of aromatic nitrogens is 1. The Kier molecular flexibility index (Phi) is 3.88. The lowest BCUT2D eigenvalue weighted by molar-refractivity contribution is 0.0592. The fourth-order valence-corrected chi connectivity index (χ4v) is 2.79. The van der Waals surface area contributed by atoms with Gasteiger partial charge < -0.3 is 20.3 Å². The molecule has 0 aliphatic carbocycles. The Balaban J connectivity index is 2.02. The first-order chi connectivity index (χ1) is 11.3. The van der Waals surface area contributed by atoms with Crippen LogP contribution in [0, 0.1) is 5.82 Å². The van der Waals surface area contributed by atoms with Crippen molar-refractivity contribution in [1.29, 1.82) is 0 Å². The number of nitrogens with zero attached hydrogens (tertiary/aromatic N) is 1. The Morgan fingerprint density at radius 1 is 1.42 bits per heavy atom. The number of fused-ring (bicyclic) bond motifs is 1. The van der Waals surface area contributed by atoms with Gasteiger partial charge in [-0.25, -0.2) is 4.39 Å². The standard InChI is InChI=1S/C17H17FN2O4/c1-17(2,22)14-10(6-20-7-11(14)18)13-8-23-15-9(16(19)21)4-3-5-12(15)24-13/h3-7,13,22H,8H2,1-2H3,(H2,19,21). The molecule has 1 aromatic carbocycles. The first-order valence-corrected chi connectivity index (χ1v) is 7.37. The maximum Gasteiger partial charge on any atom is 0.252 e. The van der Waals surface area contributed by atoms with Crippen LogP contribution in [0.3, 0.4) is 0 Å². The second kappa shape index (κ2) is 5.76. The van der Waals surface area contributed by atoms with Gasteiger partial charge in [0, 0.05) is 17.3 Å². The third-order valence-corrected chi connectivity index (χ3v) is 3.78. The highest BCUT2D eigenvalue weighted by Crippen LogP contribution is 2.40. The molecule has 0 bridgehead atoms. The number of benzene rings is 1. The first-order valence-electron chi connectivity index (χ1n) is 7.37. The number of nitrogens with two attached hydrogens (primary N) is 1. The summed E-state index contributed by atoms with van der Waals surface area (Å²) in [6, 6.07) is 4.78. The van der Waals surface area contributed by atoms with E-state index in [9.17, 15) is 14.3 Å². The smallest absolute Gasteiger partial charge is 0.252 e. The van der Waals surface area contributed by atoms with Crippen molar-refractivity contribution in [2.45, 2.75) is 25.6 Å². The van der Waals surface area contributed by atoms with Gasteiger partial charge in [-0.15, -0.1) is 0 Å². The second-order valence-electron chi connectivity index (χ2n) is 6.06. The lowest BCUT2D eigenvalue weighted by Gasteiger charge is -2.31. The van der Waals surface area contributed by atoms with Crippen molar-refractivity contribution in [2.75, 3.05) is 6.61 Å². The highest BCUT2D eigenvalue weighted by atomic mass is 19.1. The van der Waals surface area contributed by atoms with E-state index in [2.05, 4.69) is 4.98 Å². The average Bonchev–Trinajstić information content (AvgIpc) is 2.52. The maximum atomic E-state index is 14.2. The Bertz CT molecular complexity index is 802. The molecule has 3 rings (SSSR count). The molecule has 6 nitrogen and oxygen atoms in total. The number of hydrogen-bond donors (Lipinski definition) is 2. The molecule has 2 aromatic rings. The molecule has 0 spiro atoms. The van der Waals surface area contributed by atoms with Gasteiger partial charge in [-0.3, -0.25) is 9.78 Å². The van der Waals surface area contributed by atoms with Crippen LogP contribution in [0.4, 0.5) is 4.39 Å². The highest BCUT2D eigenvalue weighted by molar-refractivity contribution is 5.96. The molecule has 24 heavy (non-hydrogen) atoms. The molecule has 1 unspecified atom stereocenters. The Labute approximate surface area is 138 Å². The molecule has 2 heterocycles. The summed E-state index contributed by atoms with van der Waals surface area (Å²) in [7, 11) is 0. The monoisotopic (exact) mass is 332 g/mol. The van der Waals surface area contributed by atoms with Crippen LogP contribution in [0.15, 0.2) is 30.6 Å². The molecular formula is C17H17FN2O4. The summed E-state index contributed by atoms with van der Waals surface area (Å²) in [5, 5.41) is 10.3. The second-order valence-corrected chi connectivity index (χ2v) is 6.06. The van der Waals surface area contributed by atoms with Crippen LogP contribution in [-0.2, 0) is 5.60 Å². The summed E-state index contributed by atoms with van der Waals surface area (Å²) in [6.07, 6.45) is 1.80. The third-order valence-electron chi connectivity index (χ3n) is 3.78. The van der Waals surface area contributed by atoms with E-state index in [-0.39, 0.29) is 23.5 Å². The topological polar surface area (TPSA) is 94.7 Å². The molecule has 126 valence electrons. The van der Waals surface area contributed by atoms with E-state index < -0.39 is 23.4 Å². The van der Waals surface area contributed by atoms with E-state index in [1.807, 2.05) is 0 Å². The molecule has 0 saturated carbocycles. The molecule has 1 amide bonds. The molecule has 0 radical (unpaired) electrons. The minimum atomic E-state index is -1.42. The van der Waals surface area contributed by atoms with Gasteiger partial charge in [0.05, 0.1) is 17.4 Å². The zero-order valence-corrected chi connectivity index (χ0v) is 13.2. The molecule has 3 N–H and O–H groups in total. The van der Waals surface area contributed by atoms with Gasteiger partial charge >= 0.3 is 0 Å². The average molecular weight is 332 g/mol. The van der Waals surface area contributed by atoms with Gasteiger partial charge in [-0.05, 0) is 26.0 Å². The SMILES string of the molecule is CC(C)(O)c1c(F)cncc1C1COc2c(cccc2C(N)=O)O1. The Hall–Kier alpha value is -2.67. The maximum absolute atomic E-state index is 14.2. The number of rotatable bonds is 3. The number of carbonyl (C=O) groups excluding carboxylic acids is 1. The molecule has 7 heteroatoms. The zero-order chi connectivity index (χ0) is 17.5. The largest absolute Gasteiger partial charge is 0.485 e. The number of carbonyl (C=O) groups is 1. The van der Waals surface area contributed by atoms with E-state index in [0.29, 0.717) is 11.3 Å². The lowest BCUT2D eigenvalue weighted by atomic mass is 9.91. The summed E-state index contributed by atoms with van der Waals surface area (Å²) in [5.41, 5.74) is 4.60. The van der Waals surface area contributed by atoms with Crippen molar-refractivity contribution in [3.63, 3.8) is 0 Å². The predicted molar refractivity (Wildman–Crippen MR) is 83.3 cm³/mol. The van der Waals surface area contributed by atoms with E-state index >= 15 is 0 Å². The summed E-state index contributed by atoms with van der Waals surface area (Å²) in [6.45, 7) is 3.00. The summed E-state index contributed by atoms with van der Waals surface area (Å²) in [5.74, 6) is -0.664. The van der Waals surface area contributed by atoms with Crippen molar-refractivity contribution in [2.24, 2.45) is 5.73 Å². The lowest BCUT2D eigenvalue weighted by Crippen LogP contribution is -2.29. The number of halogens is 1. The number of amides is 1. The number of pyridine rings is 1. The van der Waals surface area contributed by atoms with Crippen molar-refractivity contribution in [1.82, 2.24) is 4.98 Å². The molecule has 1 atom stereocenters. The molecular weight excluding hydrogens is 315 g/mol. The quantitative estimate of drug-likeness (QED) is 0.897. The molecule has 1 aliphatic heterocycles. The van der Waals surface area contributed by atoms with E-state index in [1.165, 1.54) is 26.1 Å². The van der Waals surface area contributed by atoms with Crippen LogP contribution in [0.5, 0.6) is 11.5 Å². The fourth-order valence-electron chi connectivity index (χ4n) is 2.79. The molecule has 1 aromatic heterocycles.